The van der Waals surface area contributed by atoms with Crippen molar-refractivity contribution >= 4 is 0 Å². The molecule has 0 saturated heterocycles. The number of nitrogens with zero attached hydrogens (tertiary/aromatic N) is 2. The predicted octanol–water partition coefficient (Wildman–Crippen LogP) is 2.28. The first-order valence-electron chi connectivity index (χ1n) is 6.26. The van der Waals surface area contributed by atoms with E-state index < -0.39 is 0 Å². The predicted molar refractivity (Wildman–Crippen MR) is 69.9 cm³/mol. The Bertz CT molecular complexity index is 333. The molecule has 0 amide bonds. The number of methoxy groups -OCH3 is 1. The molecule has 1 heterocycles. The third kappa shape index (κ3) is 4.48. The maximum Gasteiger partial charge on any atom is 0.0793 e. The Morgan fingerprint density at radius 1 is 1.53 bits per heavy atom. The molecule has 17 heavy (non-hydrogen) atoms. The summed E-state index contributed by atoms with van der Waals surface area (Å²) in [6, 6.07) is 2.39. The molecule has 0 aliphatic rings. The molecule has 1 unspecified atom stereocenters. The van der Waals surface area contributed by atoms with E-state index in [2.05, 4.69) is 37.3 Å². The van der Waals surface area contributed by atoms with Gasteiger partial charge in [-0.05, 0) is 39.3 Å². The second-order valence-corrected chi connectivity index (χ2v) is 5.03. The molecule has 0 spiro atoms. The number of ether oxygens (including phenoxy) is 1. The molecular weight excluding hydrogens is 214 g/mol. The van der Waals surface area contributed by atoms with Gasteiger partial charge in [-0.2, -0.15) is 5.10 Å². The van der Waals surface area contributed by atoms with Crippen molar-refractivity contribution in [1.82, 2.24) is 15.1 Å². The molecule has 98 valence electrons. The summed E-state index contributed by atoms with van der Waals surface area (Å²) in [6.07, 6.45) is 4.03. The van der Waals surface area contributed by atoms with Crippen LogP contribution in [0.5, 0.6) is 0 Å². The smallest absolute Gasteiger partial charge is 0.0793 e. The van der Waals surface area contributed by atoms with Crippen LogP contribution in [0.1, 0.15) is 45.3 Å². The Morgan fingerprint density at radius 2 is 2.24 bits per heavy atom. The van der Waals surface area contributed by atoms with Gasteiger partial charge in [0.05, 0.1) is 17.3 Å². The van der Waals surface area contributed by atoms with Gasteiger partial charge in [-0.1, -0.05) is 6.92 Å². The van der Waals surface area contributed by atoms with Crippen molar-refractivity contribution in [3.05, 3.63) is 18.0 Å². The van der Waals surface area contributed by atoms with E-state index in [1.165, 1.54) is 0 Å². The molecule has 1 aromatic heterocycles. The Balaban J connectivity index is 2.61. The minimum Gasteiger partial charge on any atom is -0.379 e. The van der Waals surface area contributed by atoms with Gasteiger partial charge in [0, 0.05) is 20.4 Å². The van der Waals surface area contributed by atoms with Crippen molar-refractivity contribution in [2.45, 2.75) is 45.3 Å². The molecule has 1 N–H and O–H groups in total. The molecule has 4 nitrogen and oxygen atoms in total. The number of hydrogen-bond acceptors (Lipinski definition) is 3. The Labute approximate surface area is 104 Å². The molecule has 1 atom stereocenters. The molecule has 0 fully saturated rings. The van der Waals surface area contributed by atoms with Crippen LogP contribution in [0.25, 0.3) is 0 Å². The maximum atomic E-state index is 5.45. The van der Waals surface area contributed by atoms with Crippen LogP contribution in [0.2, 0.25) is 0 Å². The lowest BCUT2D eigenvalue weighted by molar-refractivity contribution is 0.0116. The third-order valence-corrected chi connectivity index (χ3v) is 3.13. The Morgan fingerprint density at radius 3 is 2.71 bits per heavy atom. The van der Waals surface area contributed by atoms with Crippen molar-refractivity contribution in [2.75, 3.05) is 13.7 Å². The van der Waals surface area contributed by atoms with Crippen molar-refractivity contribution in [3.63, 3.8) is 0 Å². The Hall–Kier alpha value is -0.870. The van der Waals surface area contributed by atoms with E-state index in [0.717, 1.165) is 25.1 Å². The molecule has 0 aliphatic heterocycles. The van der Waals surface area contributed by atoms with E-state index in [9.17, 15) is 0 Å². The third-order valence-electron chi connectivity index (χ3n) is 3.13. The molecule has 1 aromatic rings. The quantitative estimate of drug-likeness (QED) is 0.793. The molecular formula is C13H25N3O. The minimum absolute atomic E-state index is 0.0670. The highest BCUT2D eigenvalue weighted by Gasteiger charge is 2.20. The lowest BCUT2D eigenvalue weighted by Crippen LogP contribution is -2.27. The van der Waals surface area contributed by atoms with Crippen molar-refractivity contribution in [2.24, 2.45) is 7.05 Å². The van der Waals surface area contributed by atoms with Gasteiger partial charge in [0.15, 0.2) is 0 Å². The summed E-state index contributed by atoms with van der Waals surface area (Å²) < 4.78 is 7.30. The second kappa shape index (κ2) is 6.17. The summed E-state index contributed by atoms with van der Waals surface area (Å²) in [5.41, 5.74) is 1.05. The normalized spacial score (nSPS) is 13.9. The average molecular weight is 239 g/mol. The molecule has 0 bridgehead atoms. The molecule has 0 saturated carbocycles. The molecule has 1 rings (SSSR count). The van der Waals surface area contributed by atoms with Crippen LogP contribution in [0.15, 0.2) is 12.3 Å². The summed E-state index contributed by atoms with van der Waals surface area (Å²) >= 11 is 0. The van der Waals surface area contributed by atoms with Gasteiger partial charge in [-0.15, -0.1) is 0 Å². The average Bonchev–Trinajstić information content (AvgIpc) is 2.71. The molecule has 0 radical (unpaired) electrons. The summed E-state index contributed by atoms with van der Waals surface area (Å²) in [4.78, 5) is 0. The van der Waals surface area contributed by atoms with Gasteiger partial charge in [0.2, 0.25) is 0 Å². The van der Waals surface area contributed by atoms with E-state index in [0.29, 0.717) is 6.04 Å². The minimum atomic E-state index is -0.0670. The molecule has 0 aromatic carbocycles. The van der Waals surface area contributed by atoms with E-state index in [4.69, 9.17) is 4.74 Å². The van der Waals surface area contributed by atoms with E-state index >= 15 is 0 Å². The lowest BCUT2D eigenvalue weighted by Gasteiger charge is -2.25. The number of hydrogen-bond donors (Lipinski definition) is 1. The van der Waals surface area contributed by atoms with E-state index in [1.54, 1.807) is 7.11 Å². The highest BCUT2D eigenvalue weighted by atomic mass is 16.5. The lowest BCUT2D eigenvalue weighted by atomic mass is 9.97. The zero-order valence-corrected chi connectivity index (χ0v) is 11.7. The SMILES string of the molecule is CCNC(CCC(C)(C)OC)c1ccn(C)n1. The van der Waals surface area contributed by atoms with Crippen LogP contribution in [0, 0.1) is 0 Å². The first kappa shape index (κ1) is 14.2. The largest absolute Gasteiger partial charge is 0.379 e. The van der Waals surface area contributed by atoms with Crippen LogP contribution in [0.4, 0.5) is 0 Å². The zero-order valence-electron chi connectivity index (χ0n) is 11.7. The van der Waals surface area contributed by atoms with Gasteiger partial charge in [0.25, 0.3) is 0 Å². The fourth-order valence-electron chi connectivity index (χ4n) is 1.81. The van der Waals surface area contributed by atoms with Crippen molar-refractivity contribution in [1.29, 1.82) is 0 Å². The Kier molecular flexibility index (Phi) is 5.15. The van der Waals surface area contributed by atoms with Gasteiger partial charge in [-0.25, -0.2) is 0 Å². The highest BCUT2D eigenvalue weighted by molar-refractivity contribution is 5.05. The van der Waals surface area contributed by atoms with Gasteiger partial charge >= 0.3 is 0 Å². The van der Waals surface area contributed by atoms with E-state index in [1.807, 2.05) is 17.9 Å². The van der Waals surface area contributed by atoms with Crippen LogP contribution >= 0.6 is 0 Å². The fourth-order valence-corrected chi connectivity index (χ4v) is 1.81. The van der Waals surface area contributed by atoms with Crippen LogP contribution < -0.4 is 5.32 Å². The monoisotopic (exact) mass is 239 g/mol. The molecule has 4 heteroatoms. The molecule has 0 aliphatic carbocycles. The maximum absolute atomic E-state index is 5.45. The van der Waals surface area contributed by atoms with Crippen molar-refractivity contribution < 1.29 is 4.74 Å². The van der Waals surface area contributed by atoms with E-state index in [-0.39, 0.29) is 5.60 Å². The topological polar surface area (TPSA) is 39.1 Å². The zero-order chi connectivity index (χ0) is 12.9. The highest BCUT2D eigenvalue weighted by Crippen LogP contribution is 2.23. The number of aryl methyl sites for hydroxylation is 1. The first-order chi connectivity index (χ1) is 7.98. The van der Waals surface area contributed by atoms with Crippen molar-refractivity contribution in [3.8, 4) is 0 Å². The summed E-state index contributed by atoms with van der Waals surface area (Å²) in [5.74, 6) is 0. The number of nitrogens with one attached hydrogen (secondary N) is 1. The summed E-state index contributed by atoms with van der Waals surface area (Å²) in [7, 11) is 3.72. The van der Waals surface area contributed by atoms with Crippen LogP contribution in [-0.4, -0.2) is 29.0 Å². The standard InChI is InChI=1S/C13H25N3O/c1-6-14-11(7-9-13(2,3)17-5)12-8-10-16(4)15-12/h8,10-11,14H,6-7,9H2,1-5H3. The van der Waals surface area contributed by atoms with Gasteiger partial charge in [0.1, 0.15) is 0 Å². The van der Waals surface area contributed by atoms with Gasteiger partial charge in [-0.3, -0.25) is 4.68 Å². The summed E-state index contributed by atoms with van der Waals surface area (Å²) in [6.45, 7) is 7.31. The second-order valence-electron chi connectivity index (χ2n) is 5.03. The van der Waals surface area contributed by atoms with Crippen LogP contribution in [-0.2, 0) is 11.8 Å². The van der Waals surface area contributed by atoms with Crippen LogP contribution in [0.3, 0.4) is 0 Å². The number of rotatable bonds is 7. The summed E-state index contributed by atoms with van der Waals surface area (Å²) in [5, 5.41) is 7.95. The first-order valence-corrected chi connectivity index (χ1v) is 6.26. The number of aromatic nitrogens is 2. The van der Waals surface area contributed by atoms with Gasteiger partial charge < -0.3 is 10.1 Å². The fraction of sp³-hybridized carbons (Fsp3) is 0.769.